The molecule has 1 aromatic heterocycles. The summed E-state index contributed by atoms with van der Waals surface area (Å²) in [6.07, 6.45) is 1.48. The molecule has 0 saturated carbocycles. The molecule has 1 amide bonds. The van der Waals surface area contributed by atoms with E-state index in [2.05, 4.69) is 4.90 Å². The van der Waals surface area contributed by atoms with Crippen molar-refractivity contribution >= 4 is 5.91 Å². The van der Waals surface area contributed by atoms with E-state index in [1.165, 1.54) is 22.4 Å². The predicted octanol–water partition coefficient (Wildman–Crippen LogP) is 1.41. The van der Waals surface area contributed by atoms with Crippen molar-refractivity contribution < 1.29 is 9.53 Å². The van der Waals surface area contributed by atoms with Gasteiger partial charge in [-0.05, 0) is 23.3 Å². The summed E-state index contributed by atoms with van der Waals surface area (Å²) < 4.78 is 7.67. The molecule has 4 rings (SSSR count). The van der Waals surface area contributed by atoms with E-state index in [9.17, 15) is 14.4 Å². The monoisotopic (exact) mass is 448 g/mol. The fourth-order valence-corrected chi connectivity index (χ4v) is 3.98. The number of nitrogens with zero attached hydrogens (tertiary/aromatic N) is 4. The number of amides is 1. The van der Waals surface area contributed by atoms with Crippen molar-refractivity contribution in [3.63, 3.8) is 0 Å². The summed E-state index contributed by atoms with van der Waals surface area (Å²) in [7, 11) is 1.65. The SMILES string of the molecule is COc1ccc(CN2CCN(C(=O)Cn3c(=O)ccn(Cc4ccccc4)c3=O)CC2)cc1. The molecule has 0 bridgehead atoms. The van der Waals surface area contributed by atoms with Crippen molar-refractivity contribution in [3.05, 3.63) is 98.8 Å². The molecule has 0 N–H and O–H groups in total. The molecule has 8 nitrogen and oxygen atoms in total. The zero-order valence-electron chi connectivity index (χ0n) is 18.7. The number of carbonyl (C=O) groups excluding carboxylic acids is 1. The Balaban J connectivity index is 1.36. The molecule has 0 unspecified atom stereocenters. The first-order valence-corrected chi connectivity index (χ1v) is 11.0. The largest absolute Gasteiger partial charge is 0.497 e. The summed E-state index contributed by atoms with van der Waals surface area (Å²) in [5.74, 6) is 0.615. The Morgan fingerprint density at radius 1 is 0.848 bits per heavy atom. The second-order valence-corrected chi connectivity index (χ2v) is 8.14. The van der Waals surface area contributed by atoms with Crippen molar-refractivity contribution in [2.75, 3.05) is 33.3 Å². The summed E-state index contributed by atoms with van der Waals surface area (Å²) in [4.78, 5) is 42.1. The minimum absolute atomic E-state index is 0.212. The number of piperazine rings is 1. The van der Waals surface area contributed by atoms with Gasteiger partial charge in [0.25, 0.3) is 5.56 Å². The van der Waals surface area contributed by atoms with Gasteiger partial charge in [0.05, 0.1) is 13.7 Å². The van der Waals surface area contributed by atoms with Gasteiger partial charge in [-0.15, -0.1) is 0 Å². The lowest BCUT2D eigenvalue weighted by molar-refractivity contribution is -0.133. The first-order valence-electron chi connectivity index (χ1n) is 11.0. The molecule has 172 valence electrons. The van der Waals surface area contributed by atoms with Gasteiger partial charge in [-0.2, -0.15) is 0 Å². The predicted molar refractivity (Wildman–Crippen MR) is 125 cm³/mol. The number of ether oxygens (including phenoxy) is 1. The third-order valence-corrected chi connectivity index (χ3v) is 5.92. The van der Waals surface area contributed by atoms with Crippen molar-refractivity contribution in [2.24, 2.45) is 0 Å². The third kappa shape index (κ3) is 5.59. The molecular weight excluding hydrogens is 420 g/mol. The topological polar surface area (TPSA) is 76.8 Å². The fraction of sp³-hybridized carbons (Fsp3) is 0.320. The van der Waals surface area contributed by atoms with E-state index in [0.717, 1.165) is 35.5 Å². The van der Waals surface area contributed by atoms with Crippen LogP contribution in [0.15, 0.2) is 76.4 Å². The van der Waals surface area contributed by atoms with Gasteiger partial charge in [0, 0.05) is 45.0 Å². The van der Waals surface area contributed by atoms with E-state index < -0.39 is 11.2 Å². The van der Waals surface area contributed by atoms with E-state index in [-0.39, 0.29) is 12.5 Å². The first-order chi connectivity index (χ1) is 16.0. The van der Waals surface area contributed by atoms with Crippen LogP contribution in [0.4, 0.5) is 0 Å². The lowest BCUT2D eigenvalue weighted by atomic mass is 10.2. The highest BCUT2D eigenvalue weighted by molar-refractivity contribution is 5.76. The Bertz CT molecular complexity index is 1190. The Morgan fingerprint density at radius 3 is 2.18 bits per heavy atom. The molecule has 1 saturated heterocycles. The van der Waals surface area contributed by atoms with Crippen LogP contribution < -0.4 is 16.0 Å². The van der Waals surface area contributed by atoms with Gasteiger partial charge >= 0.3 is 5.69 Å². The number of hydrogen-bond acceptors (Lipinski definition) is 5. The van der Waals surface area contributed by atoms with E-state index in [1.54, 1.807) is 12.0 Å². The Labute approximate surface area is 192 Å². The number of benzene rings is 2. The lowest BCUT2D eigenvalue weighted by Crippen LogP contribution is -2.51. The molecule has 1 fully saturated rings. The highest BCUT2D eigenvalue weighted by Gasteiger charge is 2.22. The normalized spacial score (nSPS) is 14.3. The van der Waals surface area contributed by atoms with Gasteiger partial charge in [-0.3, -0.25) is 23.6 Å². The zero-order valence-corrected chi connectivity index (χ0v) is 18.7. The molecule has 8 heteroatoms. The molecule has 1 aliphatic rings. The number of aromatic nitrogens is 2. The van der Waals surface area contributed by atoms with Crippen LogP contribution in [0, 0.1) is 0 Å². The van der Waals surface area contributed by atoms with E-state index in [1.807, 2.05) is 54.6 Å². The van der Waals surface area contributed by atoms with Crippen LogP contribution in [0.1, 0.15) is 11.1 Å². The summed E-state index contributed by atoms with van der Waals surface area (Å²) >= 11 is 0. The van der Waals surface area contributed by atoms with E-state index >= 15 is 0 Å². The molecule has 1 aliphatic heterocycles. The van der Waals surface area contributed by atoms with Crippen molar-refractivity contribution in [1.82, 2.24) is 18.9 Å². The van der Waals surface area contributed by atoms with Gasteiger partial charge in [0.2, 0.25) is 5.91 Å². The maximum absolute atomic E-state index is 12.9. The molecule has 3 aromatic rings. The number of carbonyl (C=O) groups is 1. The number of methoxy groups -OCH3 is 1. The second-order valence-electron chi connectivity index (χ2n) is 8.14. The standard InChI is InChI=1S/C25H28N4O4/c1-33-22-9-7-21(8-10-22)17-26-13-15-27(16-14-26)24(31)19-29-23(30)11-12-28(25(29)32)18-20-5-3-2-4-6-20/h2-12H,13-19H2,1H3. The van der Waals surface area contributed by atoms with Gasteiger partial charge in [-0.25, -0.2) is 4.79 Å². The average Bonchev–Trinajstić information content (AvgIpc) is 2.85. The van der Waals surface area contributed by atoms with Crippen molar-refractivity contribution in [2.45, 2.75) is 19.6 Å². The van der Waals surface area contributed by atoms with Crippen LogP contribution in [0.2, 0.25) is 0 Å². The van der Waals surface area contributed by atoms with Crippen LogP contribution in [0.3, 0.4) is 0 Å². The summed E-state index contributed by atoms with van der Waals surface area (Å²) in [6.45, 7) is 3.50. The summed E-state index contributed by atoms with van der Waals surface area (Å²) in [6, 6.07) is 18.8. The van der Waals surface area contributed by atoms with Crippen molar-refractivity contribution in [3.8, 4) is 5.75 Å². The highest BCUT2D eigenvalue weighted by Crippen LogP contribution is 2.14. The average molecular weight is 449 g/mol. The molecule has 33 heavy (non-hydrogen) atoms. The first kappa shape index (κ1) is 22.5. The smallest absolute Gasteiger partial charge is 0.331 e. The van der Waals surface area contributed by atoms with Crippen molar-refractivity contribution in [1.29, 1.82) is 0 Å². The zero-order chi connectivity index (χ0) is 23.2. The molecular formula is C25H28N4O4. The Morgan fingerprint density at radius 2 is 1.52 bits per heavy atom. The summed E-state index contributed by atoms with van der Waals surface area (Å²) in [5.41, 5.74) is 1.20. The molecule has 0 aliphatic carbocycles. The minimum atomic E-state index is -0.474. The van der Waals surface area contributed by atoms with E-state index in [0.29, 0.717) is 19.6 Å². The van der Waals surface area contributed by atoms with Crippen LogP contribution in [0.5, 0.6) is 5.75 Å². The molecule has 0 spiro atoms. The Kier molecular flexibility index (Phi) is 7.04. The van der Waals surface area contributed by atoms with Gasteiger partial charge < -0.3 is 9.64 Å². The number of hydrogen-bond donors (Lipinski definition) is 0. The van der Waals surface area contributed by atoms with Gasteiger partial charge in [0.15, 0.2) is 0 Å². The van der Waals surface area contributed by atoms with Crippen LogP contribution in [-0.2, 0) is 24.4 Å². The quantitative estimate of drug-likeness (QED) is 0.546. The summed E-state index contributed by atoms with van der Waals surface area (Å²) in [5, 5.41) is 0. The van der Waals surface area contributed by atoms with Crippen LogP contribution in [0.25, 0.3) is 0 Å². The maximum Gasteiger partial charge on any atom is 0.331 e. The molecule has 2 aromatic carbocycles. The van der Waals surface area contributed by atoms with Gasteiger partial charge in [-0.1, -0.05) is 42.5 Å². The van der Waals surface area contributed by atoms with Gasteiger partial charge in [0.1, 0.15) is 12.3 Å². The second kappa shape index (κ2) is 10.3. The molecule has 0 atom stereocenters. The highest BCUT2D eigenvalue weighted by atomic mass is 16.5. The van der Waals surface area contributed by atoms with Crippen LogP contribution in [-0.4, -0.2) is 58.1 Å². The fourth-order valence-electron chi connectivity index (χ4n) is 3.98. The maximum atomic E-state index is 12.9. The number of rotatable bonds is 7. The lowest BCUT2D eigenvalue weighted by Gasteiger charge is -2.34. The molecule has 0 radical (unpaired) electrons. The van der Waals surface area contributed by atoms with E-state index in [4.69, 9.17) is 4.74 Å². The molecule has 2 heterocycles. The Hall–Kier alpha value is -3.65. The minimum Gasteiger partial charge on any atom is -0.497 e. The van der Waals surface area contributed by atoms with Crippen LogP contribution >= 0.6 is 0 Å². The third-order valence-electron chi connectivity index (χ3n) is 5.92.